The summed E-state index contributed by atoms with van der Waals surface area (Å²) in [6.45, 7) is 11.2. The summed E-state index contributed by atoms with van der Waals surface area (Å²) in [5, 5.41) is 0.0165. The number of halogens is 2. The lowest BCUT2D eigenvalue weighted by Gasteiger charge is -2.36. The first-order chi connectivity index (χ1) is 13.6. The van der Waals surface area contributed by atoms with Crippen molar-refractivity contribution >= 4 is 26.2 Å². The minimum Gasteiger partial charge on any atom is -0.463 e. The van der Waals surface area contributed by atoms with E-state index in [9.17, 15) is 23.2 Å². The van der Waals surface area contributed by atoms with Crippen molar-refractivity contribution in [3.8, 4) is 0 Å². The Hall–Kier alpha value is -1.55. The van der Waals surface area contributed by atoms with Gasteiger partial charge in [0, 0.05) is 18.8 Å². The highest BCUT2D eigenvalue weighted by molar-refractivity contribution is 6.74. The van der Waals surface area contributed by atoms with Gasteiger partial charge in [-0.3, -0.25) is 9.59 Å². The Morgan fingerprint density at radius 1 is 1.13 bits per heavy atom. The molecule has 2 saturated carbocycles. The van der Waals surface area contributed by atoms with Gasteiger partial charge in [-0.15, -0.1) is 0 Å². The van der Waals surface area contributed by atoms with Crippen LogP contribution in [-0.4, -0.2) is 57.6 Å². The van der Waals surface area contributed by atoms with E-state index in [2.05, 4.69) is 33.9 Å². The minimum atomic E-state index is -3.67. The number of esters is 3. The van der Waals surface area contributed by atoms with Gasteiger partial charge in [0.1, 0.15) is 18.8 Å². The maximum absolute atomic E-state index is 13.3. The summed E-state index contributed by atoms with van der Waals surface area (Å²) in [5.74, 6) is -8.95. The largest absolute Gasteiger partial charge is 0.463 e. The van der Waals surface area contributed by atoms with Crippen LogP contribution in [0.25, 0.3) is 0 Å². The molecule has 3 aliphatic rings. The van der Waals surface area contributed by atoms with Crippen LogP contribution in [0.15, 0.2) is 0 Å². The van der Waals surface area contributed by atoms with Crippen LogP contribution in [-0.2, 0) is 33.0 Å². The summed E-state index contributed by atoms with van der Waals surface area (Å²) in [5.41, 5.74) is 0. The molecule has 2 aliphatic carbocycles. The van der Waals surface area contributed by atoms with E-state index in [1.807, 2.05) is 0 Å². The van der Waals surface area contributed by atoms with Crippen LogP contribution < -0.4 is 0 Å². The smallest absolute Gasteiger partial charge is 0.377 e. The van der Waals surface area contributed by atoms with Gasteiger partial charge in [-0.25, -0.2) is 4.79 Å². The summed E-state index contributed by atoms with van der Waals surface area (Å²) in [4.78, 5) is 36.7. The summed E-state index contributed by atoms with van der Waals surface area (Å²) in [6.07, 6.45) is -1.43. The van der Waals surface area contributed by atoms with Crippen molar-refractivity contribution in [2.75, 3.05) is 13.2 Å². The minimum absolute atomic E-state index is 0.0165. The van der Waals surface area contributed by atoms with E-state index in [0.717, 1.165) is 0 Å². The van der Waals surface area contributed by atoms with E-state index in [4.69, 9.17) is 18.6 Å². The Morgan fingerprint density at radius 2 is 1.77 bits per heavy atom. The molecule has 7 nitrogen and oxygen atoms in total. The zero-order chi connectivity index (χ0) is 22.6. The zero-order valence-corrected chi connectivity index (χ0v) is 19.2. The molecule has 0 spiro atoms. The monoisotopic (exact) mass is 448 g/mol. The lowest BCUT2D eigenvalue weighted by Crippen LogP contribution is -2.46. The van der Waals surface area contributed by atoms with Crippen molar-refractivity contribution in [1.29, 1.82) is 0 Å². The van der Waals surface area contributed by atoms with Gasteiger partial charge in [0.05, 0.1) is 18.4 Å². The predicted molar refractivity (Wildman–Crippen MR) is 103 cm³/mol. The second-order valence-corrected chi connectivity index (χ2v) is 14.9. The molecule has 2 bridgehead atoms. The SMILES string of the molecule is CC(F)(F)C(=O)OC1C2CC3C1OC(=O)C3C2C(=O)OCCO[Si](C)(C)C(C)(C)C. The third-order valence-corrected chi connectivity index (χ3v) is 11.6. The molecule has 6 unspecified atom stereocenters. The molecule has 0 aromatic rings. The standard InChI is InChI=1S/C20H30F2O7Si/c1-19(2,3)30(5,6)27-8-7-26-16(23)12-10-9-11-13(12)17(24)28-14(11)15(10)29-18(25)20(4,21)22/h10-15H,7-9H2,1-6H3. The maximum atomic E-state index is 13.3. The molecule has 0 aromatic heterocycles. The van der Waals surface area contributed by atoms with Crippen LogP contribution >= 0.6 is 0 Å². The number of fused-ring (bicyclic) bond motifs is 1. The third kappa shape index (κ3) is 4.00. The Morgan fingerprint density at radius 3 is 2.33 bits per heavy atom. The van der Waals surface area contributed by atoms with Crippen LogP contribution in [0.3, 0.4) is 0 Å². The van der Waals surface area contributed by atoms with Crippen molar-refractivity contribution in [2.24, 2.45) is 23.7 Å². The van der Waals surface area contributed by atoms with Gasteiger partial charge >= 0.3 is 23.8 Å². The van der Waals surface area contributed by atoms with E-state index in [-0.39, 0.29) is 24.2 Å². The first kappa shape index (κ1) is 23.1. The molecule has 3 rings (SSSR count). The van der Waals surface area contributed by atoms with E-state index >= 15 is 0 Å². The van der Waals surface area contributed by atoms with E-state index in [1.54, 1.807) is 0 Å². The fourth-order valence-electron chi connectivity index (χ4n) is 4.45. The summed E-state index contributed by atoms with van der Waals surface area (Å²) >= 11 is 0. The van der Waals surface area contributed by atoms with Crippen molar-refractivity contribution in [1.82, 2.24) is 0 Å². The molecule has 6 atom stereocenters. The maximum Gasteiger partial charge on any atom is 0.377 e. The van der Waals surface area contributed by atoms with Gasteiger partial charge in [-0.1, -0.05) is 20.8 Å². The van der Waals surface area contributed by atoms with Gasteiger partial charge in [0.15, 0.2) is 8.32 Å². The molecule has 0 radical (unpaired) electrons. The van der Waals surface area contributed by atoms with Gasteiger partial charge in [-0.2, -0.15) is 8.78 Å². The summed E-state index contributed by atoms with van der Waals surface area (Å²) in [6, 6.07) is 0. The number of rotatable bonds is 7. The van der Waals surface area contributed by atoms with Crippen LogP contribution in [0, 0.1) is 23.7 Å². The average Bonchev–Trinajstić information content (AvgIpc) is 3.20. The van der Waals surface area contributed by atoms with Gasteiger partial charge in [0.2, 0.25) is 0 Å². The quantitative estimate of drug-likeness (QED) is 0.256. The first-order valence-electron chi connectivity index (χ1n) is 10.2. The van der Waals surface area contributed by atoms with Gasteiger partial charge in [0.25, 0.3) is 0 Å². The Labute approximate surface area is 175 Å². The molecule has 3 fully saturated rings. The third-order valence-electron chi connectivity index (χ3n) is 7.02. The van der Waals surface area contributed by atoms with Crippen LogP contribution in [0.5, 0.6) is 0 Å². The molecule has 0 aromatic carbocycles. The molecular formula is C20H30F2O7Si. The average molecular weight is 449 g/mol. The fourth-order valence-corrected chi connectivity index (χ4v) is 5.47. The van der Waals surface area contributed by atoms with Crippen molar-refractivity contribution < 1.29 is 41.8 Å². The molecule has 0 amide bonds. The number of hydrogen-bond donors (Lipinski definition) is 0. The predicted octanol–water partition coefficient (Wildman–Crippen LogP) is 2.93. The van der Waals surface area contributed by atoms with E-state index in [1.165, 1.54) is 0 Å². The number of ether oxygens (including phenoxy) is 3. The Bertz CT molecular complexity index is 728. The Kier molecular flexibility index (Phi) is 5.81. The molecule has 170 valence electrons. The van der Waals surface area contributed by atoms with Crippen LogP contribution in [0.4, 0.5) is 8.78 Å². The second-order valence-electron chi connectivity index (χ2n) is 10.1. The van der Waals surface area contributed by atoms with Gasteiger partial charge in [-0.05, 0) is 24.6 Å². The molecule has 1 saturated heterocycles. The molecule has 30 heavy (non-hydrogen) atoms. The highest BCUT2D eigenvalue weighted by Gasteiger charge is 2.70. The van der Waals surface area contributed by atoms with Gasteiger partial charge < -0.3 is 18.6 Å². The molecule has 1 aliphatic heterocycles. The number of carbonyl (C=O) groups excluding carboxylic acids is 3. The number of hydrogen-bond acceptors (Lipinski definition) is 7. The molecule has 0 N–H and O–H groups in total. The van der Waals surface area contributed by atoms with Crippen molar-refractivity contribution in [3.63, 3.8) is 0 Å². The first-order valence-corrected chi connectivity index (χ1v) is 13.2. The lowest BCUT2D eigenvalue weighted by molar-refractivity contribution is -0.186. The van der Waals surface area contributed by atoms with Crippen LogP contribution in [0.2, 0.25) is 18.1 Å². The molecular weight excluding hydrogens is 418 g/mol. The van der Waals surface area contributed by atoms with E-state index < -0.39 is 62.1 Å². The van der Waals surface area contributed by atoms with Crippen molar-refractivity contribution in [3.05, 3.63) is 0 Å². The van der Waals surface area contributed by atoms with Crippen molar-refractivity contribution in [2.45, 2.75) is 70.4 Å². The zero-order valence-electron chi connectivity index (χ0n) is 18.2. The highest BCUT2D eigenvalue weighted by atomic mass is 28.4. The molecule has 10 heteroatoms. The Balaban J connectivity index is 1.62. The second kappa shape index (κ2) is 7.54. The molecule has 1 heterocycles. The van der Waals surface area contributed by atoms with E-state index in [0.29, 0.717) is 13.3 Å². The lowest BCUT2D eigenvalue weighted by atomic mass is 9.78. The fraction of sp³-hybridized carbons (Fsp3) is 0.850. The topological polar surface area (TPSA) is 88.1 Å². The number of carbonyl (C=O) groups is 3. The summed E-state index contributed by atoms with van der Waals surface area (Å²) in [7, 11) is -1.99. The summed E-state index contributed by atoms with van der Waals surface area (Å²) < 4.78 is 48.2. The van der Waals surface area contributed by atoms with Crippen LogP contribution in [0.1, 0.15) is 34.1 Å². The highest BCUT2D eigenvalue weighted by Crippen LogP contribution is 2.59. The number of alkyl halides is 2. The normalized spacial score (nSPS) is 32.9.